The highest BCUT2D eigenvalue weighted by atomic mass is 35.5. The third kappa shape index (κ3) is 1.19. The standard InChI is InChI=1S/C7H6ClN3S/c8-6-2-1-5(12-6)4-3-10-11-7(4)9/h1-3H,(H3,9,10,11). The van der Waals surface area contributed by atoms with Gasteiger partial charge >= 0.3 is 0 Å². The van der Waals surface area contributed by atoms with Gasteiger partial charge in [-0.2, -0.15) is 5.10 Å². The maximum absolute atomic E-state index is 5.78. The monoisotopic (exact) mass is 199 g/mol. The van der Waals surface area contributed by atoms with Crippen molar-refractivity contribution in [1.29, 1.82) is 0 Å². The minimum absolute atomic E-state index is 0.577. The lowest BCUT2D eigenvalue weighted by molar-refractivity contribution is 1.10. The van der Waals surface area contributed by atoms with Crippen LogP contribution < -0.4 is 5.73 Å². The molecule has 0 spiro atoms. The van der Waals surface area contributed by atoms with Crippen LogP contribution in [0.15, 0.2) is 18.3 Å². The minimum Gasteiger partial charge on any atom is -0.384 e. The lowest BCUT2D eigenvalue weighted by atomic mass is 10.3. The maximum Gasteiger partial charge on any atom is 0.127 e. The molecule has 2 rings (SSSR count). The van der Waals surface area contributed by atoms with Gasteiger partial charge in [0.2, 0.25) is 0 Å². The Bertz CT molecular complexity index is 393. The summed E-state index contributed by atoms with van der Waals surface area (Å²) in [6, 6.07) is 3.77. The molecule has 0 saturated carbocycles. The fourth-order valence-electron chi connectivity index (χ4n) is 0.952. The molecule has 2 aromatic rings. The summed E-state index contributed by atoms with van der Waals surface area (Å²) in [5.74, 6) is 0.577. The summed E-state index contributed by atoms with van der Waals surface area (Å²) in [4.78, 5) is 1.03. The average Bonchev–Trinajstić information content (AvgIpc) is 2.58. The van der Waals surface area contributed by atoms with Crippen LogP contribution in [-0.2, 0) is 0 Å². The Balaban J connectivity index is 2.50. The molecule has 0 aromatic carbocycles. The van der Waals surface area contributed by atoms with Gasteiger partial charge in [0, 0.05) is 4.88 Å². The smallest absolute Gasteiger partial charge is 0.127 e. The van der Waals surface area contributed by atoms with Crippen molar-refractivity contribution in [3.05, 3.63) is 22.7 Å². The van der Waals surface area contributed by atoms with Crippen molar-refractivity contribution in [3.8, 4) is 10.4 Å². The Morgan fingerprint density at radius 1 is 1.50 bits per heavy atom. The number of aromatic amines is 1. The molecule has 0 saturated heterocycles. The second kappa shape index (κ2) is 2.80. The molecule has 0 fully saturated rings. The first-order valence-corrected chi connectivity index (χ1v) is 4.51. The number of halogens is 1. The van der Waals surface area contributed by atoms with Crippen LogP contribution in [0.25, 0.3) is 10.4 Å². The molecular weight excluding hydrogens is 194 g/mol. The summed E-state index contributed by atoms with van der Waals surface area (Å²) < 4.78 is 0.755. The van der Waals surface area contributed by atoms with Gasteiger partial charge in [-0.05, 0) is 12.1 Å². The fraction of sp³-hybridized carbons (Fsp3) is 0. The van der Waals surface area contributed by atoms with Gasteiger partial charge in [0.05, 0.1) is 16.1 Å². The van der Waals surface area contributed by atoms with E-state index >= 15 is 0 Å². The van der Waals surface area contributed by atoms with Crippen LogP contribution in [0, 0.1) is 0 Å². The fourth-order valence-corrected chi connectivity index (χ4v) is 2.02. The molecule has 3 N–H and O–H groups in total. The summed E-state index contributed by atoms with van der Waals surface area (Å²) >= 11 is 7.26. The lowest BCUT2D eigenvalue weighted by Crippen LogP contribution is -1.85. The first kappa shape index (κ1) is 7.64. The van der Waals surface area contributed by atoms with E-state index in [-0.39, 0.29) is 0 Å². The Morgan fingerprint density at radius 2 is 2.33 bits per heavy atom. The highest BCUT2D eigenvalue weighted by Crippen LogP contribution is 2.32. The van der Waals surface area contributed by atoms with Crippen molar-refractivity contribution in [1.82, 2.24) is 10.2 Å². The van der Waals surface area contributed by atoms with Crippen molar-refractivity contribution in [2.45, 2.75) is 0 Å². The van der Waals surface area contributed by atoms with Gasteiger partial charge in [0.1, 0.15) is 5.82 Å². The summed E-state index contributed by atoms with van der Waals surface area (Å²) in [6.45, 7) is 0. The Hall–Kier alpha value is -1.000. The minimum atomic E-state index is 0.577. The first-order valence-electron chi connectivity index (χ1n) is 3.32. The SMILES string of the molecule is Nc1[nH]ncc1-c1ccc(Cl)s1. The predicted octanol–water partition coefficient (Wildman–Crippen LogP) is 2.37. The van der Waals surface area contributed by atoms with E-state index in [0.29, 0.717) is 5.82 Å². The maximum atomic E-state index is 5.78. The molecule has 0 atom stereocenters. The molecule has 0 aliphatic rings. The van der Waals surface area contributed by atoms with Gasteiger partial charge in [-0.25, -0.2) is 0 Å². The number of nitrogens with one attached hydrogen (secondary N) is 1. The van der Waals surface area contributed by atoms with Crippen LogP contribution >= 0.6 is 22.9 Å². The highest BCUT2D eigenvalue weighted by molar-refractivity contribution is 7.19. The van der Waals surface area contributed by atoms with E-state index < -0.39 is 0 Å². The Morgan fingerprint density at radius 3 is 2.83 bits per heavy atom. The predicted molar refractivity (Wildman–Crippen MR) is 51.3 cm³/mol. The second-order valence-corrected chi connectivity index (χ2v) is 4.02. The normalized spacial score (nSPS) is 10.4. The number of anilines is 1. The number of aromatic nitrogens is 2. The number of nitrogens with two attached hydrogens (primary N) is 1. The highest BCUT2D eigenvalue weighted by Gasteiger charge is 2.06. The van der Waals surface area contributed by atoms with E-state index in [1.807, 2.05) is 12.1 Å². The summed E-state index contributed by atoms with van der Waals surface area (Å²) in [6.07, 6.45) is 1.69. The molecule has 0 bridgehead atoms. The topological polar surface area (TPSA) is 54.7 Å². The number of nitrogen functional groups attached to an aromatic ring is 1. The number of H-pyrrole nitrogens is 1. The van der Waals surface area contributed by atoms with Crippen LogP contribution in [0.2, 0.25) is 4.34 Å². The summed E-state index contributed by atoms with van der Waals surface area (Å²) in [5, 5.41) is 6.49. The third-order valence-electron chi connectivity index (χ3n) is 1.51. The van der Waals surface area contributed by atoms with E-state index in [4.69, 9.17) is 17.3 Å². The van der Waals surface area contributed by atoms with Crippen LogP contribution in [0.3, 0.4) is 0 Å². The molecule has 0 unspecified atom stereocenters. The molecule has 3 nitrogen and oxygen atoms in total. The van der Waals surface area contributed by atoms with Gasteiger partial charge in [0.15, 0.2) is 0 Å². The van der Waals surface area contributed by atoms with Crippen molar-refractivity contribution < 1.29 is 0 Å². The average molecular weight is 200 g/mol. The first-order chi connectivity index (χ1) is 5.77. The summed E-state index contributed by atoms with van der Waals surface area (Å²) in [5.41, 5.74) is 6.54. The van der Waals surface area contributed by atoms with E-state index in [9.17, 15) is 0 Å². The van der Waals surface area contributed by atoms with Gasteiger partial charge in [-0.1, -0.05) is 11.6 Å². The Labute approximate surface area is 78.2 Å². The van der Waals surface area contributed by atoms with Crippen LogP contribution in [0.4, 0.5) is 5.82 Å². The largest absolute Gasteiger partial charge is 0.384 e. The van der Waals surface area contributed by atoms with Gasteiger partial charge in [-0.3, -0.25) is 5.10 Å². The lowest BCUT2D eigenvalue weighted by Gasteiger charge is -1.90. The van der Waals surface area contributed by atoms with Gasteiger partial charge in [-0.15, -0.1) is 11.3 Å². The zero-order chi connectivity index (χ0) is 8.55. The molecule has 62 valence electrons. The van der Waals surface area contributed by atoms with Crippen molar-refractivity contribution in [3.63, 3.8) is 0 Å². The van der Waals surface area contributed by atoms with Crippen LogP contribution in [0.1, 0.15) is 0 Å². The Kier molecular flexibility index (Phi) is 1.78. The number of thiophene rings is 1. The van der Waals surface area contributed by atoms with Crippen LogP contribution in [0.5, 0.6) is 0 Å². The molecule has 0 radical (unpaired) electrons. The quantitative estimate of drug-likeness (QED) is 0.741. The van der Waals surface area contributed by atoms with Crippen molar-refractivity contribution in [2.24, 2.45) is 0 Å². The summed E-state index contributed by atoms with van der Waals surface area (Å²) in [7, 11) is 0. The van der Waals surface area contributed by atoms with Gasteiger partial charge in [0.25, 0.3) is 0 Å². The molecule has 2 aromatic heterocycles. The van der Waals surface area contributed by atoms with Crippen molar-refractivity contribution >= 4 is 28.8 Å². The molecule has 0 amide bonds. The van der Waals surface area contributed by atoms with Gasteiger partial charge < -0.3 is 5.73 Å². The van der Waals surface area contributed by atoms with Crippen LogP contribution in [-0.4, -0.2) is 10.2 Å². The molecule has 0 aliphatic heterocycles. The van der Waals surface area contributed by atoms with E-state index in [1.165, 1.54) is 11.3 Å². The third-order valence-corrected chi connectivity index (χ3v) is 2.77. The number of hydrogen-bond donors (Lipinski definition) is 2. The molecule has 2 heterocycles. The van der Waals surface area contributed by atoms with E-state index in [1.54, 1.807) is 6.20 Å². The molecule has 12 heavy (non-hydrogen) atoms. The number of hydrogen-bond acceptors (Lipinski definition) is 3. The number of rotatable bonds is 1. The zero-order valence-electron chi connectivity index (χ0n) is 6.04. The zero-order valence-corrected chi connectivity index (χ0v) is 7.62. The second-order valence-electron chi connectivity index (χ2n) is 2.30. The number of nitrogens with zero attached hydrogens (tertiary/aromatic N) is 1. The van der Waals surface area contributed by atoms with E-state index in [2.05, 4.69) is 10.2 Å². The molecule has 5 heteroatoms. The van der Waals surface area contributed by atoms with Crippen molar-refractivity contribution in [2.75, 3.05) is 5.73 Å². The molecular formula is C7H6ClN3S. The van der Waals surface area contributed by atoms with E-state index in [0.717, 1.165) is 14.8 Å². The molecule has 0 aliphatic carbocycles.